The summed E-state index contributed by atoms with van der Waals surface area (Å²) >= 11 is 0. The third-order valence-electron chi connectivity index (χ3n) is 2.42. The van der Waals surface area contributed by atoms with Gasteiger partial charge >= 0.3 is 6.18 Å². The van der Waals surface area contributed by atoms with Crippen molar-refractivity contribution in [3.8, 4) is 0 Å². The van der Waals surface area contributed by atoms with E-state index in [9.17, 15) is 18.0 Å². The molecule has 19 heavy (non-hydrogen) atoms. The maximum absolute atomic E-state index is 12.5. The highest BCUT2D eigenvalue weighted by molar-refractivity contribution is 5.92. The molecule has 3 nitrogen and oxygen atoms in total. The summed E-state index contributed by atoms with van der Waals surface area (Å²) in [6.07, 6.45) is -4.41. The monoisotopic (exact) mass is 296 g/mol. The molecule has 1 aromatic rings. The minimum atomic E-state index is -4.41. The van der Waals surface area contributed by atoms with Crippen LogP contribution < -0.4 is 10.6 Å². The molecule has 1 unspecified atom stereocenters. The molecule has 0 aromatic heterocycles. The highest BCUT2D eigenvalue weighted by Gasteiger charge is 2.30. The van der Waals surface area contributed by atoms with Crippen LogP contribution in [0.3, 0.4) is 0 Å². The van der Waals surface area contributed by atoms with Gasteiger partial charge in [-0.05, 0) is 25.2 Å². The van der Waals surface area contributed by atoms with Crippen LogP contribution in [0.5, 0.6) is 0 Å². The average Bonchev–Trinajstić information content (AvgIpc) is 2.28. The molecule has 1 amide bonds. The van der Waals surface area contributed by atoms with Crippen LogP contribution in [-0.2, 0) is 11.0 Å². The molecule has 0 saturated carbocycles. The van der Waals surface area contributed by atoms with Crippen molar-refractivity contribution in [2.75, 3.05) is 18.9 Å². The molecule has 0 fully saturated rings. The van der Waals surface area contributed by atoms with Gasteiger partial charge in [-0.3, -0.25) is 4.79 Å². The normalized spacial score (nSPS) is 12.5. The Hall–Kier alpha value is -1.27. The maximum Gasteiger partial charge on any atom is 0.416 e. The molecule has 0 spiro atoms. The van der Waals surface area contributed by atoms with Gasteiger partial charge in [0.15, 0.2) is 0 Å². The Morgan fingerprint density at radius 1 is 1.37 bits per heavy atom. The summed E-state index contributed by atoms with van der Waals surface area (Å²) in [7, 11) is 1.70. The van der Waals surface area contributed by atoms with E-state index in [-0.39, 0.29) is 29.9 Å². The van der Waals surface area contributed by atoms with Gasteiger partial charge < -0.3 is 10.6 Å². The first-order valence-electron chi connectivity index (χ1n) is 5.47. The van der Waals surface area contributed by atoms with E-state index in [1.165, 1.54) is 12.1 Å². The molecule has 1 atom stereocenters. The summed E-state index contributed by atoms with van der Waals surface area (Å²) < 4.78 is 37.4. The van der Waals surface area contributed by atoms with E-state index in [2.05, 4.69) is 10.6 Å². The van der Waals surface area contributed by atoms with E-state index >= 15 is 0 Å². The van der Waals surface area contributed by atoms with Gasteiger partial charge in [-0.1, -0.05) is 13.0 Å². The zero-order valence-electron chi connectivity index (χ0n) is 10.5. The van der Waals surface area contributed by atoms with Crippen LogP contribution in [0.2, 0.25) is 0 Å². The van der Waals surface area contributed by atoms with Crippen molar-refractivity contribution in [1.82, 2.24) is 5.32 Å². The fourth-order valence-corrected chi connectivity index (χ4v) is 1.44. The number of carbonyl (C=O) groups is 1. The lowest BCUT2D eigenvalue weighted by Gasteiger charge is -2.13. The van der Waals surface area contributed by atoms with Crippen LogP contribution in [0.15, 0.2) is 24.3 Å². The van der Waals surface area contributed by atoms with E-state index < -0.39 is 11.7 Å². The Labute approximate surface area is 116 Å². The lowest BCUT2D eigenvalue weighted by molar-refractivity contribution is -0.137. The van der Waals surface area contributed by atoms with Gasteiger partial charge in [0.1, 0.15) is 0 Å². The summed E-state index contributed by atoms with van der Waals surface area (Å²) in [6, 6.07) is 4.58. The molecule has 0 aliphatic rings. The Morgan fingerprint density at radius 3 is 2.53 bits per heavy atom. The number of nitrogens with one attached hydrogen (secondary N) is 2. The smallest absolute Gasteiger partial charge is 0.326 e. The SMILES string of the molecule is CNCC(C)C(=O)Nc1cccc(C(F)(F)F)c1.Cl. The predicted octanol–water partition coefficient (Wildman–Crippen LogP) is 2.92. The molecular weight excluding hydrogens is 281 g/mol. The number of amides is 1. The van der Waals surface area contributed by atoms with Gasteiger partial charge in [-0.25, -0.2) is 0 Å². The number of anilines is 1. The summed E-state index contributed by atoms with van der Waals surface area (Å²) in [5.74, 6) is -0.631. The zero-order valence-corrected chi connectivity index (χ0v) is 11.4. The third-order valence-corrected chi connectivity index (χ3v) is 2.42. The van der Waals surface area contributed by atoms with Crippen molar-refractivity contribution < 1.29 is 18.0 Å². The number of carbonyl (C=O) groups excluding carboxylic acids is 1. The van der Waals surface area contributed by atoms with Crippen LogP contribution in [0, 0.1) is 5.92 Å². The zero-order chi connectivity index (χ0) is 13.8. The first-order valence-corrected chi connectivity index (χ1v) is 5.47. The standard InChI is InChI=1S/C12H15F3N2O.ClH/c1-8(7-16-2)11(18)17-10-5-3-4-9(6-10)12(13,14)15;/h3-6,8,16H,7H2,1-2H3,(H,17,18);1H. The average molecular weight is 297 g/mol. The molecule has 0 heterocycles. The van der Waals surface area contributed by atoms with E-state index in [1.54, 1.807) is 14.0 Å². The summed E-state index contributed by atoms with van der Waals surface area (Å²) in [6.45, 7) is 2.16. The van der Waals surface area contributed by atoms with E-state index in [1.807, 2.05) is 0 Å². The summed E-state index contributed by atoms with van der Waals surface area (Å²) in [5, 5.41) is 5.29. The van der Waals surface area contributed by atoms with Gasteiger partial charge in [0.25, 0.3) is 0 Å². The number of halogens is 4. The predicted molar refractivity (Wildman–Crippen MR) is 70.4 cm³/mol. The van der Waals surface area contributed by atoms with Crippen molar-refractivity contribution in [2.24, 2.45) is 5.92 Å². The highest BCUT2D eigenvalue weighted by atomic mass is 35.5. The molecule has 0 aliphatic heterocycles. The number of rotatable bonds is 4. The summed E-state index contributed by atoms with van der Waals surface area (Å²) in [5.41, 5.74) is -0.626. The highest BCUT2D eigenvalue weighted by Crippen LogP contribution is 2.30. The molecule has 1 rings (SSSR count). The molecule has 108 valence electrons. The Morgan fingerprint density at radius 2 is 2.00 bits per heavy atom. The van der Waals surface area contributed by atoms with Gasteiger partial charge in [-0.2, -0.15) is 13.2 Å². The second-order valence-electron chi connectivity index (χ2n) is 4.03. The quantitative estimate of drug-likeness (QED) is 0.897. The summed E-state index contributed by atoms with van der Waals surface area (Å²) in [4.78, 5) is 11.6. The van der Waals surface area contributed by atoms with E-state index in [0.29, 0.717) is 6.54 Å². The number of hydrogen-bond acceptors (Lipinski definition) is 2. The van der Waals surface area contributed by atoms with Crippen molar-refractivity contribution in [3.05, 3.63) is 29.8 Å². The molecule has 0 saturated heterocycles. The van der Waals surface area contributed by atoms with E-state index in [0.717, 1.165) is 12.1 Å². The second kappa shape index (κ2) is 7.35. The first-order chi connectivity index (χ1) is 8.34. The Bertz CT molecular complexity index is 424. The van der Waals surface area contributed by atoms with Crippen LogP contribution >= 0.6 is 12.4 Å². The van der Waals surface area contributed by atoms with Crippen molar-refractivity contribution in [1.29, 1.82) is 0 Å². The third kappa shape index (κ3) is 5.48. The molecule has 2 N–H and O–H groups in total. The van der Waals surface area contributed by atoms with Gasteiger partial charge in [0, 0.05) is 18.2 Å². The Kier molecular flexibility index (Phi) is 6.86. The number of benzene rings is 1. The molecular formula is C12H16ClF3N2O. The minimum Gasteiger partial charge on any atom is -0.326 e. The van der Waals surface area contributed by atoms with Crippen molar-refractivity contribution in [3.63, 3.8) is 0 Å². The molecule has 7 heteroatoms. The van der Waals surface area contributed by atoms with E-state index in [4.69, 9.17) is 0 Å². The lowest BCUT2D eigenvalue weighted by Crippen LogP contribution is -2.28. The largest absolute Gasteiger partial charge is 0.416 e. The van der Waals surface area contributed by atoms with Gasteiger partial charge in [-0.15, -0.1) is 12.4 Å². The molecule has 0 bridgehead atoms. The maximum atomic E-state index is 12.5. The van der Waals surface area contributed by atoms with Gasteiger partial charge in [0.2, 0.25) is 5.91 Å². The van der Waals surface area contributed by atoms with Crippen LogP contribution in [0.4, 0.5) is 18.9 Å². The Balaban J connectivity index is 0.00000324. The lowest BCUT2D eigenvalue weighted by atomic mass is 10.1. The number of alkyl halides is 3. The topological polar surface area (TPSA) is 41.1 Å². The second-order valence-corrected chi connectivity index (χ2v) is 4.03. The first kappa shape index (κ1) is 17.7. The van der Waals surface area contributed by atoms with Crippen LogP contribution in [0.25, 0.3) is 0 Å². The number of hydrogen-bond donors (Lipinski definition) is 2. The minimum absolute atomic E-state index is 0. The van der Waals surface area contributed by atoms with Crippen molar-refractivity contribution in [2.45, 2.75) is 13.1 Å². The van der Waals surface area contributed by atoms with Gasteiger partial charge in [0.05, 0.1) is 5.56 Å². The van der Waals surface area contributed by atoms with Crippen molar-refractivity contribution >= 4 is 24.0 Å². The fraction of sp³-hybridized carbons (Fsp3) is 0.417. The molecule has 0 radical (unpaired) electrons. The molecule has 1 aromatic carbocycles. The fourth-order valence-electron chi connectivity index (χ4n) is 1.44. The molecule has 0 aliphatic carbocycles. The van der Waals surface area contributed by atoms with Crippen LogP contribution in [0.1, 0.15) is 12.5 Å². The van der Waals surface area contributed by atoms with Crippen LogP contribution in [-0.4, -0.2) is 19.5 Å².